The molecule has 1 nitrogen and oxygen atoms in total. The van der Waals surface area contributed by atoms with E-state index < -0.39 is 0 Å². The van der Waals surface area contributed by atoms with E-state index in [1.165, 1.54) is 51.3 Å². The first-order valence-corrected chi connectivity index (χ1v) is 6.91. The average Bonchev–Trinajstić information content (AvgIpc) is 2.44. The minimum absolute atomic E-state index is 0.599. The highest BCUT2D eigenvalue weighted by molar-refractivity contribution is 6.53. The van der Waals surface area contributed by atoms with Crippen molar-refractivity contribution in [2.75, 3.05) is 0 Å². The van der Waals surface area contributed by atoms with Crippen LogP contribution in [-0.2, 0) is 4.65 Å². The number of hydrogen-bond acceptors (Lipinski definition) is 1. The Morgan fingerprint density at radius 2 is 1.80 bits per heavy atom. The summed E-state index contributed by atoms with van der Waals surface area (Å²) in [6, 6.07) is 0. The second-order valence-corrected chi connectivity index (χ2v) is 5.89. The van der Waals surface area contributed by atoms with Gasteiger partial charge in [0.25, 0.3) is 6.92 Å². The largest absolute Gasteiger partial charge is 0.433 e. The summed E-state index contributed by atoms with van der Waals surface area (Å²) in [6.45, 7) is 5.24. The first-order valence-electron chi connectivity index (χ1n) is 6.91. The molecule has 2 saturated heterocycles. The molecule has 0 aromatic heterocycles. The smallest absolute Gasteiger partial charge is 0.296 e. The third-order valence-corrected chi connectivity index (χ3v) is 4.12. The van der Waals surface area contributed by atoms with Gasteiger partial charge in [-0.25, -0.2) is 0 Å². The zero-order chi connectivity index (χ0) is 10.7. The highest BCUT2D eigenvalue weighted by atomic mass is 16.4. The molecule has 0 aromatic carbocycles. The third-order valence-electron chi connectivity index (χ3n) is 4.12. The fourth-order valence-corrected chi connectivity index (χ4v) is 3.17. The van der Waals surface area contributed by atoms with Crippen molar-refractivity contribution in [1.29, 1.82) is 0 Å². The van der Waals surface area contributed by atoms with E-state index in [2.05, 4.69) is 13.8 Å². The van der Waals surface area contributed by atoms with Gasteiger partial charge < -0.3 is 4.65 Å². The lowest BCUT2D eigenvalue weighted by atomic mass is 9.50. The van der Waals surface area contributed by atoms with Gasteiger partial charge in [0.2, 0.25) is 0 Å². The van der Waals surface area contributed by atoms with Gasteiger partial charge in [-0.3, -0.25) is 0 Å². The van der Waals surface area contributed by atoms with Crippen molar-refractivity contribution in [3.8, 4) is 0 Å². The van der Waals surface area contributed by atoms with Crippen molar-refractivity contribution in [2.45, 2.75) is 77.0 Å². The van der Waals surface area contributed by atoms with Crippen LogP contribution in [0.4, 0.5) is 0 Å². The summed E-state index contributed by atoms with van der Waals surface area (Å²) in [5.41, 5.74) is 0. The third kappa shape index (κ3) is 3.24. The minimum atomic E-state index is 0.599. The van der Waals surface area contributed by atoms with Gasteiger partial charge in [-0.15, -0.1) is 0 Å². The summed E-state index contributed by atoms with van der Waals surface area (Å²) in [6.07, 6.45) is 11.6. The van der Waals surface area contributed by atoms with Crippen molar-refractivity contribution in [2.24, 2.45) is 5.92 Å². The first kappa shape index (κ1) is 11.5. The van der Waals surface area contributed by atoms with Crippen molar-refractivity contribution in [3.05, 3.63) is 0 Å². The average molecular weight is 208 g/mol. The molecule has 0 N–H and O–H groups in total. The Balaban J connectivity index is 1.91. The molecule has 0 atom stereocenters. The highest BCUT2D eigenvalue weighted by Gasteiger charge is 2.34. The Labute approximate surface area is 95.1 Å². The maximum atomic E-state index is 6.29. The van der Waals surface area contributed by atoms with Crippen LogP contribution in [0.1, 0.15) is 58.8 Å². The summed E-state index contributed by atoms with van der Waals surface area (Å²) < 4.78 is 6.29. The van der Waals surface area contributed by atoms with Gasteiger partial charge in [-0.1, -0.05) is 46.0 Å². The van der Waals surface area contributed by atoms with Gasteiger partial charge in [-0.2, -0.15) is 0 Å². The van der Waals surface area contributed by atoms with Gasteiger partial charge in [-0.05, 0) is 30.9 Å². The van der Waals surface area contributed by atoms with E-state index in [1.54, 1.807) is 0 Å². The predicted molar refractivity (Wildman–Crippen MR) is 66.3 cm³/mol. The summed E-state index contributed by atoms with van der Waals surface area (Å²) >= 11 is 0. The molecule has 0 spiro atoms. The second-order valence-electron chi connectivity index (χ2n) is 5.89. The molecule has 0 unspecified atom stereocenters. The van der Waals surface area contributed by atoms with Gasteiger partial charge >= 0.3 is 0 Å². The SMILES string of the molecule is CC(C)CCB1OC2CCCC1CCC2. The number of rotatable bonds is 3. The first-order chi connectivity index (χ1) is 7.25. The van der Waals surface area contributed by atoms with Crippen LogP contribution >= 0.6 is 0 Å². The van der Waals surface area contributed by atoms with Crippen molar-refractivity contribution in [3.63, 3.8) is 0 Å². The van der Waals surface area contributed by atoms with Crippen molar-refractivity contribution in [1.82, 2.24) is 0 Å². The summed E-state index contributed by atoms with van der Waals surface area (Å²) in [4.78, 5) is 0. The van der Waals surface area contributed by atoms with Crippen LogP contribution in [0.5, 0.6) is 0 Å². The predicted octanol–water partition coefficient (Wildman–Crippen LogP) is 4.15. The monoisotopic (exact) mass is 208 g/mol. The zero-order valence-electron chi connectivity index (χ0n) is 10.4. The molecule has 2 heterocycles. The Kier molecular flexibility index (Phi) is 4.13. The van der Waals surface area contributed by atoms with E-state index in [-0.39, 0.29) is 0 Å². The maximum absolute atomic E-state index is 6.29. The Morgan fingerprint density at radius 3 is 2.40 bits per heavy atom. The van der Waals surface area contributed by atoms with E-state index in [0.717, 1.165) is 11.7 Å². The molecule has 0 aliphatic carbocycles. The van der Waals surface area contributed by atoms with Gasteiger partial charge in [0.1, 0.15) is 0 Å². The molecule has 2 aliphatic rings. The molecule has 2 rings (SSSR count). The summed E-state index contributed by atoms with van der Waals surface area (Å²) in [5.74, 6) is 1.72. The molecular weight excluding hydrogens is 183 g/mol. The quantitative estimate of drug-likeness (QED) is 0.633. The number of fused-ring (bicyclic) bond motifs is 3. The van der Waals surface area contributed by atoms with Crippen LogP contribution in [0.15, 0.2) is 0 Å². The summed E-state index contributed by atoms with van der Waals surface area (Å²) in [7, 11) is 0. The molecule has 2 bridgehead atoms. The van der Waals surface area contributed by atoms with Crippen molar-refractivity contribution < 1.29 is 4.65 Å². The lowest BCUT2D eigenvalue weighted by molar-refractivity contribution is 0.186. The fourth-order valence-electron chi connectivity index (χ4n) is 3.17. The van der Waals surface area contributed by atoms with Crippen LogP contribution in [-0.4, -0.2) is 13.0 Å². The molecule has 0 aromatic rings. The topological polar surface area (TPSA) is 9.23 Å². The molecule has 15 heavy (non-hydrogen) atoms. The van der Waals surface area contributed by atoms with Crippen LogP contribution in [0.2, 0.25) is 12.1 Å². The zero-order valence-corrected chi connectivity index (χ0v) is 10.4. The van der Waals surface area contributed by atoms with E-state index in [4.69, 9.17) is 4.65 Å². The van der Waals surface area contributed by atoms with Gasteiger partial charge in [0.05, 0.1) is 0 Å². The lowest BCUT2D eigenvalue weighted by Gasteiger charge is -2.21. The Hall–Kier alpha value is 0.0249. The van der Waals surface area contributed by atoms with Gasteiger partial charge in [0.15, 0.2) is 0 Å². The van der Waals surface area contributed by atoms with E-state index in [0.29, 0.717) is 13.0 Å². The minimum Gasteiger partial charge on any atom is -0.433 e. The normalized spacial score (nSPS) is 31.8. The van der Waals surface area contributed by atoms with E-state index in [1.807, 2.05) is 0 Å². The molecule has 86 valence electrons. The molecule has 0 amide bonds. The summed E-state index contributed by atoms with van der Waals surface area (Å²) in [5, 5.41) is 0. The molecular formula is C13H25BO. The maximum Gasteiger partial charge on any atom is 0.296 e. The van der Waals surface area contributed by atoms with Crippen molar-refractivity contribution >= 4 is 6.92 Å². The molecule has 0 saturated carbocycles. The van der Waals surface area contributed by atoms with E-state index >= 15 is 0 Å². The van der Waals surface area contributed by atoms with Gasteiger partial charge in [0, 0.05) is 6.10 Å². The lowest BCUT2D eigenvalue weighted by Crippen LogP contribution is -2.25. The molecule has 2 heteroatoms. The van der Waals surface area contributed by atoms with E-state index in [9.17, 15) is 0 Å². The Bertz CT molecular complexity index is 183. The number of hydrogen-bond donors (Lipinski definition) is 0. The fraction of sp³-hybridized carbons (Fsp3) is 1.00. The molecule has 2 aliphatic heterocycles. The van der Waals surface area contributed by atoms with Crippen LogP contribution in [0, 0.1) is 5.92 Å². The van der Waals surface area contributed by atoms with Crippen LogP contribution in [0.25, 0.3) is 0 Å². The standard InChI is InChI=1S/C13H25BO/c1-11(2)9-10-14-12-5-3-7-13(15-14)8-4-6-12/h11-13H,3-10H2,1-2H3. The highest BCUT2D eigenvalue weighted by Crippen LogP contribution is 2.38. The molecule has 0 radical (unpaired) electrons. The van der Waals surface area contributed by atoms with Crippen LogP contribution < -0.4 is 0 Å². The molecule has 2 fully saturated rings. The van der Waals surface area contributed by atoms with Crippen LogP contribution in [0.3, 0.4) is 0 Å². The second kappa shape index (κ2) is 5.38. The Morgan fingerprint density at radius 1 is 1.13 bits per heavy atom.